The average molecular weight is 330 g/mol. The van der Waals surface area contributed by atoms with Crippen molar-refractivity contribution in [1.29, 1.82) is 0 Å². The number of anilines is 1. The maximum atomic E-state index is 5.65. The fraction of sp³-hybridized carbons (Fsp3) is 0.278. The van der Waals surface area contributed by atoms with Gasteiger partial charge < -0.3 is 20.1 Å². The lowest BCUT2D eigenvalue weighted by Gasteiger charge is -2.12. The molecule has 2 rings (SSSR count). The molecule has 2 aromatic carbocycles. The van der Waals surface area contributed by atoms with Crippen LogP contribution < -0.4 is 20.1 Å². The molecule has 0 amide bonds. The summed E-state index contributed by atoms with van der Waals surface area (Å²) in [6, 6.07) is 15.7. The maximum Gasteiger partial charge on any atom is 0.170 e. The molecule has 5 heteroatoms. The summed E-state index contributed by atoms with van der Waals surface area (Å²) in [5.41, 5.74) is 2.17. The highest BCUT2D eigenvalue weighted by molar-refractivity contribution is 7.80. The lowest BCUT2D eigenvalue weighted by molar-refractivity contribution is 0.319. The number of hydrogen-bond acceptors (Lipinski definition) is 3. The molecular weight excluding hydrogens is 308 g/mol. The van der Waals surface area contributed by atoms with Crippen LogP contribution in [0.5, 0.6) is 11.5 Å². The molecule has 0 radical (unpaired) electrons. The van der Waals surface area contributed by atoms with Crippen molar-refractivity contribution in [3.63, 3.8) is 0 Å². The predicted octanol–water partition coefficient (Wildman–Crippen LogP) is 3.76. The Balaban J connectivity index is 1.67. The number of benzene rings is 2. The van der Waals surface area contributed by atoms with Crippen molar-refractivity contribution >= 4 is 23.0 Å². The molecule has 0 aliphatic carbocycles. The standard InChI is InChI=1S/C18H22N2O2S/c1-3-21-16-7-9-17(10-8-16)22-12-11-19-18(23)20-15-6-4-5-14(2)13-15/h4-10,13H,3,11-12H2,1-2H3,(H2,19,20,23). The van der Waals surface area contributed by atoms with Gasteiger partial charge in [0.05, 0.1) is 13.2 Å². The zero-order valence-electron chi connectivity index (χ0n) is 13.5. The van der Waals surface area contributed by atoms with Crippen LogP contribution in [0.25, 0.3) is 0 Å². The van der Waals surface area contributed by atoms with Gasteiger partial charge in [-0.05, 0) is 68.0 Å². The molecule has 2 N–H and O–H groups in total. The van der Waals surface area contributed by atoms with Gasteiger partial charge in [-0.1, -0.05) is 12.1 Å². The van der Waals surface area contributed by atoms with Crippen LogP contribution in [-0.2, 0) is 0 Å². The van der Waals surface area contributed by atoms with E-state index in [9.17, 15) is 0 Å². The van der Waals surface area contributed by atoms with Crippen LogP contribution in [0.3, 0.4) is 0 Å². The van der Waals surface area contributed by atoms with Gasteiger partial charge in [0.25, 0.3) is 0 Å². The summed E-state index contributed by atoms with van der Waals surface area (Å²) in [4.78, 5) is 0. The van der Waals surface area contributed by atoms with E-state index >= 15 is 0 Å². The second-order valence-corrected chi connectivity index (χ2v) is 5.41. The Labute approximate surface area is 142 Å². The minimum Gasteiger partial charge on any atom is -0.494 e. The van der Waals surface area contributed by atoms with Crippen molar-refractivity contribution in [1.82, 2.24) is 5.32 Å². The van der Waals surface area contributed by atoms with Gasteiger partial charge in [0, 0.05) is 5.69 Å². The van der Waals surface area contributed by atoms with Crippen molar-refractivity contribution in [2.45, 2.75) is 13.8 Å². The molecule has 0 aromatic heterocycles. The molecule has 0 saturated carbocycles. The molecule has 0 spiro atoms. The van der Waals surface area contributed by atoms with Crippen LogP contribution in [0.15, 0.2) is 48.5 Å². The predicted molar refractivity (Wildman–Crippen MR) is 98.5 cm³/mol. The quantitative estimate of drug-likeness (QED) is 0.598. The van der Waals surface area contributed by atoms with Crippen LogP contribution in [-0.4, -0.2) is 24.9 Å². The molecule has 0 fully saturated rings. The van der Waals surface area contributed by atoms with Crippen LogP contribution in [0.4, 0.5) is 5.69 Å². The summed E-state index contributed by atoms with van der Waals surface area (Å²) in [5, 5.41) is 6.86. The highest BCUT2D eigenvalue weighted by Crippen LogP contribution is 2.17. The normalized spacial score (nSPS) is 10.0. The third-order valence-electron chi connectivity index (χ3n) is 3.07. The fourth-order valence-electron chi connectivity index (χ4n) is 2.03. The Morgan fingerprint density at radius 3 is 2.39 bits per heavy atom. The number of thiocarbonyl (C=S) groups is 1. The number of rotatable bonds is 7. The lowest BCUT2D eigenvalue weighted by Crippen LogP contribution is -2.31. The van der Waals surface area contributed by atoms with Gasteiger partial charge in [0.2, 0.25) is 0 Å². The molecule has 0 aliphatic rings. The number of ether oxygens (including phenoxy) is 2. The van der Waals surface area contributed by atoms with E-state index in [-0.39, 0.29) is 0 Å². The van der Waals surface area contributed by atoms with Crippen molar-refractivity contribution in [2.24, 2.45) is 0 Å². The van der Waals surface area contributed by atoms with E-state index in [1.165, 1.54) is 5.56 Å². The van der Waals surface area contributed by atoms with E-state index in [2.05, 4.69) is 10.6 Å². The summed E-state index contributed by atoms with van der Waals surface area (Å²) in [6.45, 7) is 5.83. The van der Waals surface area contributed by atoms with Crippen molar-refractivity contribution < 1.29 is 9.47 Å². The fourth-order valence-corrected chi connectivity index (χ4v) is 2.25. The third-order valence-corrected chi connectivity index (χ3v) is 3.31. The summed E-state index contributed by atoms with van der Waals surface area (Å²) in [5.74, 6) is 1.66. The first-order valence-electron chi connectivity index (χ1n) is 7.64. The van der Waals surface area contributed by atoms with Gasteiger partial charge in [-0.25, -0.2) is 0 Å². The first kappa shape index (κ1) is 17.1. The minimum atomic E-state index is 0.531. The Morgan fingerprint density at radius 1 is 1.04 bits per heavy atom. The summed E-state index contributed by atoms with van der Waals surface area (Å²) >= 11 is 5.26. The molecule has 0 aliphatic heterocycles. The zero-order chi connectivity index (χ0) is 16.5. The second kappa shape index (κ2) is 9.00. The summed E-state index contributed by atoms with van der Waals surface area (Å²) in [7, 11) is 0. The molecule has 0 heterocycles. The number of hydrogen-bond donors (Lipinski definition) is 2. The van der Waals surface area contributed by atoms with E-state index < -0.39 is 0 Å². The molecule has 0 unspecified atom stereocenters. The van der Waals surface area contributed by atoms with Crippen LogP contribution in [0.2, 0.25) is 0 Å². The van der Waals surface area contributed by atoms with Gasteiger partial charge in [0.15, 0.2) is 5.11 Å². The smallest absolute Gasteiger partial charge is 0.170 e. The van der Waals surface area contributed by atoms with Gasteiger partial charge in [-0.15, -0.1) is 0 Å². The lowest BCUT2D eigenvalue weighted by atomic mass is 10.2. The van der Waals surface area contributed by atoms with Gasteiger partial charge >= 0.3 is 0 Å². The average Bonchev–Trinajstić information content (AvgIpc) is 2.53. The van der Waals surface area contributed by atoms with E-state index in [0.717, 1.165) is 17.2 Å². The highest BCUT2D eigenvalue weighted by atomic mass is 32.1. The molecule has 0 atom stereocenters. The van der Waals surface area contributed by atoms with Crippen molar-refractivity contribution in [2.75, 3.05) is 25.1 Å². The van der Waals surface area contributed by atoms with E-state index in [0.29, 0.717) is 24.9 Å². The third kappa shape index (κ3) is 6.16. The molecule has 0 saturated heterocycles. The van der Waals surface area contributed by atoms with Gasteiger partial charge in [-0.3, -0.25) is 0 Å². The minimum absolute atomic E-state index is 0.531. The number of aryl methyl sites for hydroxylation is 1. The van der Waals surface area contributed by atoms with Crippen molar-refractivity contribution in [3.05, 3.63) is 54.1 Å². The highest BCUT2D eigenvalue weighted by Gasteiger charge is 1.99. The number of nitrogens with one attached hydrogen (secondary N) is 2. The summed E-state index contributed by atoms with van der Waals surface area (Å²) in [6.07, 6.45) is 0. The van der Waals surface area contributed by atoms with Crippen LogP contribution >= 0.6 is 12.2 Å². The van der Waals surface area contributed by atoms with E-state index in [1.54, 1.807) is 0 Å². The zero-order valence-corrected chi connectivity index (χ0v) is 14.3. The molecular formula is C18H22N2O2S. The molecule has 122 valence electrons. The van der Waals surface area contributed by atoms with Crippen LogP contribution in [0.1, 0.15) is 12.5 Å². The summed E-state index contributed by atoms with van der Waals surface area (Å²) < 4.78 is 11.0. The van der Waals surface area contributed by atoms with Gasteiger partial charge in [-0.2, -0.15) is 0 Å². The maximum absolute atomic E-state index is 5.65. The van der Waals surface area contributed by atoms with E-state index in [4.69, 9.17) is 21.7 Å². The van der Waals surface area contributed by atoms with Gasteiger partial charge in [0.1, 0.15) is 18.1 Å². The Hall–Kier alpha value is -2.27. The Kier molecular flexibility index (Phi) is 6.69. The van der Waals surface area contributed by atoms with Crippen LogP contribution in [0, 0.1) is 6.92 Å². The second-order valence-electron chi connectivity index (χ2n) is 5.00. The SMILES string of the molecule is CCOc1ccc(OCCNC(=S)Nc2cccc(C)c2)cc1. The monoisotopic (exact) mass is 330 g/mol. The first-order valence-corrected chi connectivity index (χ1v) is 8.05. The molecule has 23 heavy (non-hydrogen) atoms. The van der Waals surface area contributed by atoms with Crippen molar-refractivity contribution in [3.8, 4) is 11.5 Å². The largest absolute Gasteiger partial charge is 0.494 e. The molecule has 4 nitrogen and oxygen atoms in total. The Morgan fingerprint density at radius 2 is 1.74 bits per heavy atom. The Bertz CT molecular complexity index is 629. The molecule has 0 bridgehead atoms. The topological polar surface area (TPSA) is 42.5 Å². The first-order chi connectivity index (χ1) is 11.2. The molecule has 2 aromatic rings. The van der Waals surface area contributed by atoms with E-state index in [1.807, 2.05) is 62.4 Å².